The molecule has 1 atom stereocenters. The normalized spacial score (nSPS) is 14.7. The third-order valence-corrected chi connectivity index (χ3v) is 3.96. The molecular weight excluding hydrogens is 260 g/mol. The number of fused-ring (bicyclic) bond motifs is 1. The van der Waals surface area contributed by atoms with Crippen LogP contribution in [0.2, 0.25) is 0 Å². The maximum absolute atomic E-state index is 9.77. The van der Waals surface area contributed by atoms with Gasteiger partial charge in [0.2, 0.25) is 0 Å². The molecule has 0 spiro atoms. The fourth-order valence-electron chi connectivity index (χ4n) is 1.78. The van der Waals surface area contributed by atoms with Crippen LogP contribution in [0, 0.1) is 0 Å². The first-order chi connectivity index (χ1) is 9.11. The van der Waals surface area contributed by atoms with Crippen LogP contribution >= 0.6 is 11.8 Å². The smallest absolute Gasteiger partial charge is 0.256 e. The minimum absolute atomic E-state index is 0.311. The molecule has 1 aromatic heterocycles. The lowest BCUT2D eigenvalue weighted by Crippen LogP contribution is -2.33. The number of benzene rings is 1. The predicted octanol–water partition coefficient (Wildman–Crippen LogP) is 2.80. The summed E-state index contributed by atoms with van der Waals surface area (Å²) in [6.45, 7) is 2.09. The highest BCUT2D eigenvalue weighted by molar-refractivity contribution is 7.99. The van der Waals surface area contributed by atoms with Crippen LogP contribution in [0.25, 0.3) is 11.1 Å². The Kier molecular flexibility index (Phi) is 4.85. The minimum Gasteiger partial charge on any atom is -0.431 e. The summed E-state index contributed by atoms with van der Waals surface area (Å²) in [5, 5.41) is 10.5. The number of para-hydroxylation sites is 2. The zero-order valence-electron chi connectivity index (χ0n) is 11.1. The lowest BCUT2D eigenvalue weighted by atomic mass is 10.00. The predicted molar refractivity (Wildman–Crippen MR) is 78.3 cm³/mol. The summed E-state index contributed by atoms with van der Waals surface area (Å²) in [4.78, 5) is 4.40. The van der Waals surface area contributed by atoms with E-state index in [1.54, 1.807) is 18.7 Å². The number of nitrogens with zero attached hydrogens (tertiary/aromatic N) is 1. The van der Waals surface area contributed by atoms with Crippen LogP contribution in [0.15, 0.2) is 33.9 Å². The Morgan fingerprint density at radius 1 is 1.37 bits per heavy atom. The van der Waals surface area contributed by atoms with E-state index in [9.17, 15) is 5.11 Å². The first-order valence-corrected chi connectivity index (χ1v) is 7.50. The Labute approximate surface area is 117 Å². The second-order valence-electron chi connectivity index (χ2n) is 4.95. The summed E-state index contributed by atoms with van der Waals surface area (Å²) in [5.74, 6) is 0.938. The maximum Gasteiger partial charge on any atom is 0.256 e. The molecule has 1 unspecified atom stereocenters. The molecule has 1 heterocycles. The number of hydrogen-bond acceptors (Lipinski definition) is 5. The number of thioether (sulfide) groups is 1. The molecule has 0 radical (unpaired) electrons. The highest BCUT2D eigenvalue weighted by atomic mass is 32.2. The molecule has 4 nitrogen and oxygen atoms in total. The molecule has 0 aliphatic carbocycles. The van der Waals surface area contributed by atoms with Gasteiger partial charge in [0.1, 0.15) is 5.52 Å². The zero-order chi connectivity index (χ0) is 13.7. The molecule has 2 aromatic rings. The summed E-state index contributed by atoms with van der Waals surface area (Å²) in [7, 11) is 0. The molecule has 0 saturated heterocycles. The molecule has 1 aromatic carbocycles. The average molecular weight is 280 g/mol. The van der Waals surface area contributed by atoms with Crippen molar-refractivity contribution >= 4 is 22.9 Å². The number of aromatic nitrogens is 1. The number of rotatable bonds is 7. The molecule has 0 aliphatic rings. The van der Waals surface area contributed by atoms with Crippen molar-refractivity contribution in [1.29, 1.82) is 0 Å². The molecule has 0 fully saturated rings. The number of hydrogen-bond donors (Lipinski definition) is 2. The standard InChI is InChI=1S/C14H20N2O2S/c1-14(17,10-15)8-4-5-9-19-13-16-11-6-2-3-7-12(11)18-13/h2-3,6-7,17H,4-5,8-10,15H2,1H3. The molecule has 0 aliphatic heterocycles. The van der Waals surface area contributed by atoms with Gasteiger partial charge in [-0.05, 0) is 38.3 Å². The van der Waals surface area contributed by atoms with Crippen molar-refractivity contribution in [3.8, 4) is 0 Å². The van der Waals surface area contributed by atoms with Crippen molar-refractivity contribution in [2.45, 2.75) is 37.0 Å². The minimum atomic E-state index is -0.734. The SMILES string of the molecule is CC(O)(CN)CCCCSc1nc2ccccc2o1. The van der Waals surface area contributed by atoms with Gasteiger partial charge in [0.05, 0.1) is 5.60 Å². The van der Waals surface area contributed by atoms with Crippen LogP contribution in [-0.2, 0) is 0 Å². The molecule has 104 valence electrons. The Morgan fingerprint density at radius 2 is 2.16 bits per heavy atom. The number of nitrogens with two attached hydrogens (primary N) is 1. The molecule has 0 bridgehead atoms. The Morgan fingerprint density at radius 3 is 2.89 bits per heavy atom. The molecule has 19 heavy (non-hydrogen) atoms. The fraction of sp³-hybridized carbons (Fsp3) is 0.500. The highest BCUT2D eigenvalue weighted by Crippen LogP contribution is 2.24. The van der Waals surface area contributed by atoms with E-state index in [0.29, 0.717) is 11.8 Å². The lowest BCUT2D eigenvalue weighted by Gasteiger charge is -2.20. The first kappa shape index (κ1) is 14.4. The van der Waals surface area contributed by atoms with Crippen molar-refractivity contribution in [2.75, 3.05) is 12.3 Å². The molecular formula is C14H20N2O2S. The summed E-state index contributed by atoms with van der Waals surface area (Å²) >= 11 is 1.61. The number of oxazole rings is 1. The van der Waals surface area contributed by atoms with Crippen LogP contribution in [0.3, 0.4) is 0 Å². The molecule has 0 amide bonds. The van der Waals surface area contributed by atoms with Gasteiger partial charge < -0.3 is 15.3 Å². The maximum atomic E-state index is 9.77. The van der Waals surface area contributed by atoms with Crippen molar-refractivity contribution < 1.29 is 9.52 Å². The van der Waals surface area contributed by atoms with Gasteiger partial charge in [-0.2, -0.15) is 0 Å². The van der Waals surface area contributed by atoms with Gasteiger partial charge in [-0.25, -0.2) is 4.98 Å². The summed E-state index contributed by atoms with van der Waals surface area (Å²) in [6.07, 6.45) is 2.70. The topological polar surface area (TPSA) is 72.3 Å². The third-order valence-electron chi connectivity index (χ3n) is 3.05. The van der Waals surface area contributed by atoms with Gasteiger partial charge in [-0.15, -0.1) is 0 Å². The van der Waals surface area contributed by atoms with E-state index in [2.05, 4.69) is 4.98 Å². The summed E-state index contributed by atoms with van der Waals surface area (Å²) in [6, 6.07) is 7.76. The highest BCUT2D eigenvalue weighted by Gasteiger charge is 2.16. The Bertz CT molecular complexity index is 492. The Balaban J connectivity index is 1.74. The molecule has 5 heteroatoms. The molecule has 3 N–H and O–H groups in total. The fourth-order valence-corrected chi connectivity index (χ4v) is 2.62. The number of aliphatic hydroxyl groups is 1. The van der Waals surface area contributed by atoms with Crippen molar-refractivity contribution in [3.05, 3.63) is 24.3 Å². The van der Waals surface area contributed by atoms with Gasteiger partial charge in [-0.3, -0.25) is 0 Å². The monoisotopic (exact) mass is 280 g/mol. The summed E-state index contributed by atoms with van der Waals surface area (Å²) < 4.78 is 5.62. The van der Waals surface area contributed by atoms with Gasteiger partial charge in [-0.1, -0.05) is 23.9 Å². The van der Waals surface area contributed by atoms with Crippen molar-refractivity contribution in [3.63, 3.8) is 0 Å². The second kappa shape index (κ2) is 6.41. The van der Waals surface area contributed by atoms with E-state index < -0.39 is 5.60 Å². The van der Waals surface area contributed by atoms with E-state index in [1.165, 1.54) is 0 Å². The van der Waals surface area contributed by atoms with E-state index >= 15 is 0 Å². The number of unbranched alkanes of at least 4 members (excludes halogenated alkanes) is 1. The van der Waals surface area contributed by atoms with E-state index in [1.807, 2.05) is 24.3 Å². The zero-order valence-corrected chi connectivity index (χ0v) is 11.9. The second-order valence-corrected chi connectivity index (χ2v) is 6.00. The molecule has 2 rings (SSSR count). The largest absolute Gasteiger partial charge is 0.431 e. The Hall–Kier alpha value is -1.04. The third kappa shape index (κ3) is 4.23. The van der Waals surface area contributed by atoms with E-state index in [4.69, 9.17) is 10.2 Å². The lowest BCUT2D eigenvalue weighted by molar-refractivity contribution is 0.0577. The van der Waals surface area contributed by atoms with Crippen molar-refractivity contribution in [2.24, 2.45) is 5.73 Å². The summed E-state index contributed by atoms with van der Waals surface area (Å²) in [5.41, 5.74) is 6.47. The van der Waals surface area contributed by atoms with Crippen molar-refractivity contribution in [1.82, 2.24) is 4.98 Å². The average Bonchev–Trinajstić information content (AvgIpc) is 2.81. The van der Waals surface area contributed by atoms with Gasteiger partial charge >= 0.3 is 0 Å². The van der Waals surface area contributed by atoms with Crippen LogP contribution < -0.4 is 5.73 Å². The molecule has 0 saturated carbocycles. The van der Waals surface area contributed by atoms with Crippen LogP contribution in [0.1, 0.15) is 26.2 Å². The van der Waals surface area contributed by atoms with Gasteiger partial charge in [0.25, 0.3) is 5.22 Å². The van der Waals surface area contributed by atoms with Crippen LogP contribution in [0.5, 0.6) is 0 Å². The van der Waals surface area contributed by atoms with Gasteiger partial charge in [0.15, 0.2) is 5.58 Å². The van der Waals surface area contributed by atoms with Gasteiger partial charge in [0, 0.05) is 12.3 Å². The first-order valence-electron chi connectivity index (χ1n) is 6.51. The van der Waals surface area contributed by atoms with Crippen LogP contribution in [0.4, 0.5) is 0 Å². The van der Waals surface area contributed by atoms with E-state index in [-0.39, 0.29) is 0 Å². The van der Waals surface area contributed by atoms with Crippen LogP contribution in [-0.4, -0.2) is 28.0 Å². The van der Waals surface area contributed by atoms with E-state index in [0.717, 1.165) is 36.1 Å². The quantitative estimate of drug-likeness (QED) is 0.602.